The van der Waals surface area contributed by atoms with Crippen LogP contribution in [0.25, 0.3) is 0 Å². The van der Waals surface area contributed by atoms with Crippen molar-refractivity contribution in [1.82, 2.24) is 15.1 Å². The number of piperidine rings is 2. The third kappa shape index (κ3) is 4.75. The third-order valence-corrected chi connectivity index (χ3v) is 6.77. The van der Waals surface area contributed by atoms with Crippen molar-refractivity contribution in [2.24, 2.45) is 11.3 Å². The average Bonchev–Trinajstić information content (AvgIpc) is 3.49. The average molecular weight is 384 g/mol. The number of hydrogen-bond acceptors (Lipinski definition) is 3. The normalized spacial score (nSPS) is 25.9. The molecule has 1 spiro atoms. The summed E-state index contributed by atoms with van der Waals surface area (Å²) in [6.45, 7) is 6.91. The summed E-state index contributed by atoms with van der Waals surface area (Å²) in [5.41, 5.74) is 2.58. The van der Waals surface area contributed by atoms with Gasteiger partial charge in [0.2, 0.25) is 11.8 Å². The van der Waals surface area contributed by atoms with Crippen molar-refractivity contribution in [1.29, 1.82) is 0 Å². The van der Waals surface area contributed by atoms with E-state index in [1.807, 2.05) is 12.1 Å². The minimum Gasteiger partial charge on any atom is -0.351 e. The molecule has 3 fully saturated rings. The molecule has 0 bridgehead atoms. The first-order valence-electron chi connectivity index (χ1n) is 10.8. The highest BCUT2D eigenvalue weighted by Crippen LogP contribution is 2.40. The number of nitrogens with zero attached hydrogens (tertiary/aromatic N) is 2. The van der Waals surface area contributed by atoms with E-state index in [2.05, 4.69) is 34.2 Å². The van der Waals surface area contributed by atoms with E-state index in [4.69, 9.17) is 0 Å². The van der Waals surface area contributed by atoms with Crippen molar-refractivity contribution >= 4 is 11.8 Å². The van der Waals surface area contributed by atoms with Crippen molar-refractivity contribution in [2.45, 2.75) is 52.0 Å². The molecule has 2 saturated heterocycles. The molecule has 3 aliphatic rings. The fraction of sp³-hybridized carbons (Fsp3) is 0.652. The molecule has 4 rings (SSSR count). The molecule has 0 aromatic heterocycles. The highest BCUT2D eigenvalue weighted by atomic mass is 16.2. The van der Waals surface area contributed by atoms with Crippen LogP contribution >= 0.6 is 0 Å². The maximum atomic E-state index is 12.5. The van der Waals surface area contributed by atoms with E-state index < -0.39 is 0 Å². The molecule has 0 unspecified atom stereocenters. The van der Waals surface area contributed by atoms with Gasteiger partial charge in [0, 0.05) is 38.0 Å². The lowest BCUT2D eigenvalue weighted by atomic mass is 9.73. The van der Waals surface area contributed by atoms with Gasteiger partial charge in [0.1, 0.15) is 0 Å². The van der Waals surface area contributed by atoms with Gasteiger partial charge in [-0.25, -0.2) is 0 Å². The second kappa shape index (κ2) is 8.24. The molecule has 1 aliphatic carbocycles. The summed E-state index contributed by atoms with van der Waals surface area (Å²) in [6.07, 6.45) is 6.53. The highest BCUT2D eigenvalue weighted by Gasteiger charge is 2.42. The SMILES string of the molecule is Cc1ccccc1CNC(=O)CN1CCC[C@@]2(CCC(=O)N(CC3CC3)C2)C1. The lowest BCUT2D eigenvalue weighted by molar-refractivity contribution is -0.140. The van der Waals surface area contributed by atoms with Gasteiger partial charge in [0.05, 0.1) is 6.54 Å². The number of likely N-dealkylation sites (tertiary alicyclic amines) is 2. The van der Waals surface area contributed by atoms with E-state index in [9.17, 15) is 9.59 Å². The van der Waals surface area contributed by atoms with Crippen LogP contribution in [0.1, 0.15) is 49.7 Å². The predicted molar refractivity (Wildman–Crippen MR) is 110 cm³/mol. The molecule has 1 aromatic carbocycles. The van der Waals surface area contributed by atoms with Gasteiger partial charge in [0.15, 0.2) is 0 Å². The zero-order valence-electron chi connectivity index (χ0n) is 17.1. The Labute approximate surface area is 168 Å². The third-order valence-electron chi connectivity index (χ3n) is 6.77. The minimum absolute atomic E-state index is 0.0991. The van der Waals surface area contributed by atoms with Crippen molar-refractivity contribution in [2.75, 3.05) is 32.7 Å². The summed E-state index contributed by atoms with van der Waals surface area (Å²) in [4.78, 5) is 29.3. The Kier molecular flexibility index (Phi) is 5.72. The Balaban J connectivity index is 1.30. The van der Waals surface area contributed by atoms with Gasteiger partial charge in [0.25, 0.3) is 0 Å². The number of rotatable bonds is 6. The Morgan fingerprint density at radius 3 is 2.82 bits per heavy atom. The van der Waals surface area contributed by atoms with Crippen molar-refractivity contribution in [3.8, 4) is 0 Å². The van der Waals surface area contributed by atoms with Crippen LogP contribution in [0.15, 0.2) is 24.3 Å². The Morgan fingerprint density at radius 2 is 2.04 bits per heavy atom. The maximum Gasteiger partial charge on any atom is 0.234 e. The largest absolute Gasteiger partial charge is 0.351 e. The number of nitrogens with one attached hydrogen (secondary N) is 1. The number of carbonyl (C=O) groups excluding carboxylic acids is 2. The van der Waals surface area contributed by atoms with Gasteiger partial charge in [-0.1, -0.05) is 24.3 Å². The second-order valence-electron chi connectivity index (χ2n) is 9.24. The van der Waals surface area contributed by atoms with Crippen LogP contribution in [0.4, 0.5) is 0 Å². The van der Waals surface area contributed by atoms with E-state index in [1.54, 1.807) is 0 Å². The van der Waals surface area contributed by atoms with Crippen molar-refractivity contribution < 1.29 is 9.59 Å². The lowest BCUT2D eigenvalue weighted by Crippen LogP contribution is -2.55. The van der Waals surface area contributed by atoms with Gasteiger partial charge in [-0.15, -0.1) is 0 Å². The van der Waals surface area contributed by atoms with Crippen LogP contribution in [0.2, 0.25) is 0 Å². The molecule has 2 amide bonds. The monoisotopic (exact) mass is 383 g/mol. The molecular weight excluding hydrogens is 350 g/mol. The molecule has 5 heteroatoms. The van der Waals surface area contributed by atoms with Gasteiger partial charge < -0.3 is 10.2 Å². The number of aryl methyl sites for hydroxylation is 1. The van der Waals surface area contributed by atoms with Crippen LogP contribution < -0.4 is 5.32 Å². The fourth-order valence-corrected chi connectivity index (χ4v) is 4.92. The zero-order chi connectivity index (χ0) is 19.6. The standard InChI is InChI=1S/C23H33N3O2/c1-18-5-2-3-6-20(18)13-24-21(27)15-25-12-4-10-23(16-25)11-9-22(28)26(17-23)14-19-7-8-19/h2-3,5-6,19H,4,7-17H2,1H3,(H,24,27)/t23-/m1/s1. The van der Waals surface area contributed by atoms with Crippen LogP contribution in [-0.4, -0.2) is 54.3 Å². The first-order valence-corrected chi connectivity index (χ1v) is 10.8. The molecule has 5 nitrogen and oxygen atoms in total. The molecule has 0 radical (unpaired) electrons. The Hall–Kier alpha value is -1.88. The van der Waals surface area contributed by atoms with E-state index in [-0.39, 0.29) is 11.3 Å². The molecular formula is C23H33N3O2. The van der Waals surface area contributed by atoms with Crippen molar-refractivity contribution in [3.63, 3.8) is 0 Å². The van der Waals surface area contributed by atoms with E-state index in [0.717, 1.165) is 44.9 Å². The lowest BCUT2D eigenvalue weighted by Gasteiger charge is -2.48. The van der Waals surface area contributed by atoms with Gasteiger partial charge >= 0.3 is 0 Å². The molecule has 28 heavy (non-hydrogen) atoms. The Bertz CT molecular complexity index is 730. The smallest absolute Gasteiger partial charge is 0.234 e. The summed E-state index contributed by atoms with van der Waals surface area (Å²) < 4.78 is 0. The van der Waals surface area contributed by atoms with Crippen LogP contribution in [0.5, 0.6) is 0 Å². The first kappa shape index (κ1) is 19.4. The van der Waals surface area contributed by atoms with Gasteiger partial charge in [-0.3, -0.25) is 14.5 Å². The van der Waals surface area contributed by atoms with E-state index in [0.29, 0.717) is 25.4 Å². The summed E-state index contributed by atoms with van der Waals surface area (Å²) in [5.74, 6) is 1.18. The molecule has 2 heterocycles. The first-order chi connectivity index (χ1) is 13.5. The summed E-state index contributed by atoms with van der Waals surface area (Å²) in [5, 5.41) is 3.08. The molecule has 1 atom stereocenters. The van der Waals surface area contributed by atoms with Gasteiger partial charge in [-0.2, -0.15) is 0 Å². The predicted octanol–water partition coefficient (Wildman–Crippen LogP) is 2.73. The number of hydrogen-bond donors (Lipinski definition) is 1. The number of carbonyl (C=O) groups is 2. The van der Waals surface area contributed by atoms with Crippen molar-refractivity contribution in [3.05, 3.63) is 35.4 Å². The zero-order valence-corrected chi connectivity index (χ0v) is 17.1. The quantitative estimate of drug-likeness (QED) is 0.822. The van der Waals surface area contributed by atoms with Gasteiger partial charge in [-0.05, 0) is 62.6 Å². The number of amides is 2. The molecule has 2 aliphatic heterocycles. The maximum absolute atomic E-state index is 12.5. The van der Waals surface area contributed by atoms with Crippen LogP contribution in [0.3, 0.4) is 0 Å². The molecule has 1 aromatic rings. The molecule has 1 saturated carbocycles. The summed E-state index contributed by atoms with van der Waals surface area (Å²) in [7, 11) is 0. The number of benzene rings is 1. The summed E-state index contributed by atoms with van der Waals surface area (Å²) >= 11 is 0. The Morgan fingerprint density at radius 1 is 1.21 bits per heavy atom. The molecule has 1 N–H and O–H groups in total. The summed E-state index contributed by atoms with van der Waals surface area (Å²) in [6, 6.07) is 8.18. The topological polar surface area (TPSA) is 52.7 Å². The second-order valence-corrected chi connectivity index (χ2v) is 9.24. The molecule has 152 valence electrons. The minimum atomic E-state index is 0.0991. The van der Waals surface area contributed by atoms with E-state index in [1.165, 1.54) is 30.4 Å². The fourth-order valence-electron chi connectivity index (χ4n) is 4.92. The van der Waals surface area contributed by atoms with Crippen LogP contribution in [-0.2, 0) is 16.1 Å². The van der Waals surface area contributed by atoms with Crippen LogP contribution in [0, 0.1) is 18.3 Å². The van der Waals surface area contributed by atoms with E-state index >= 15 is 0 Å². The highest BCUT2D eigenvalue weighted by molar-refractivity contribution is 5.78.